The number of aryl methyl sites for hydroxylation is 3. The molecular formula is C14H21N7. The van der Waals surface area contributed by atoms with E-state index < -0.39 is 0 Å². The quantitative estimate of drug-likeness (QED) is 0.780. The molecule has 0 saturated heterocycles. The fourth-order valence-corrected chi connectivity index (χ4v) is 2.21. The number of nitrogen functional groups attached to an aromatic ring is 1. The van der Waals surface area contributed by atoms with Crippen molar-refractivity contribution in [2.24, 2.45) is 0 Å². The van der Waals surface area contributed by atoms with Gasteiger partial charge in [-0.1, -0.05) is 6.08 Å². The molecule has 0 saturated carbocycles. The van der Waals surface area contributed by atoms with Crippen molar-refractivity contribution >= 4 is 11.8 Å². The summed E-state index contributed by atoms with van der Waals surface area (Å²) in [5, 5.41) is 7.62. The van der Waals surface area contributed by atoms with Gasteiger partial charge in [-0.25, -0.2) is 14.6 Å². The van der Waals surface area contributed by atoms with Crippen molar-refractivity contribution in [2.75, 3.05) is 17.6 Å². The summed E-state index contributed by atoms with van der Waals surface area (Å²) in [4.78, 5) is 12.7. The highest BCUT2D eigenvalue weighted by atomic mass is 15.3. The van der Waals surface area contributed by atoms with Crippen molar-refractivity contribution in [3.63, 3.8) is 0 Å². The van der Waals surface area contributed by atoms with Gasteiger partial charge in [-0.05, 0) is 27.2 Å². The van der Waals surface area contributed by atoms with Gasteiger partial charge in [0.1, 0.15) is 17.5 Å². The van der Waals surface area contributed by atoms with Crippen molar-refractivity contribution in [3.8, 4) is 0 Å². The van der Waals surface area contributed by atoms with Gasteiger partial charge in [0.25, 0.3) is 0 Å². The van der Waals surface area contributed by atoms with E-state index in [0.29, 0.717) is 19.5 Å². The Morgan fingerprint density at radius 3 is 2.62 bits per heavy atom. The molecule has 3 N–H and O–H groups in total. The van der Waals surface area contributed by atoms with E-state index in [-0.39, 0.29) is 5.95 Å². The number of nitrogens with zero attached hydrogens (tertiary/aromatic N) is 5. The topological polar surface area (TPSA) is 94.5 Å². The molecule has 0 amide bonds. The highest BCUT2D eigenvalue weighted by molar-refractivity contribution is 5.50. The van der Waals surface area contributed by atoms with E-state index in [1.165, 1.54) is 0 Å². The molecule has 2 aromatic heterocycles. The molecule has 0 aliphatic heterocycles. The van der Waals surface area contributed by atoms with E-state index in [0.717, 1.165) is 28.7 Å². The van der Waals surface area contributed by atoms with Crippen molar-refractivity contribution in [2.45, 2.75) is 33.7 Å². The Morgan fingerprint density at radius 1 is 1.24 bits per heavy atom. The number of nitrogens with two attached hydrogens (primary N) is 1. The Hall–Kier alpha value is -2.44. The third-order valence-corrected chi connectivity index (χ3v) is 3.16. The van der Waals surface area contributed by atoms with E-state index in [4.69, 9.17) is 5.73 Å². The van der Waals surface area contributed by atoms with E-state index in [9.17, 15) is 0 Å². The highest BCUT2D eigenvalue weighted by Crippen LogP contribution is 2.18. The van der Waals surface area contributed by atoms with Crippen LogP contribution in [0, 0.1) is 20.8 Å². The molecule has 2 aromatic rings. The molecule has 0 radical (unpaired) electrons. The maximum absolute atomic E-state index is 5.72. The van der Waals surface area contributed by atoms with Crippen LogP contribution in [0.15, 0.2) is 12.7 Å². The van der Waals surface area contributed by atoms with Crippen LogP contribution in [-0.4, -0.2) is 31.3 Å². The molecule has 0 fully saturated rings. The van der Waals surface area contributed by atoms with E-state index in [1.807, 2.05) is 31.5 Å². The van der Waals surface area contributed by atoms with Gasteiger partial charge < -0.3 is 11.1 Å². The molecular weight excluding hydrogens is 266 g/mol. The summed E-state index contributed by atoms with van der Waals surface area (Å²) < 4.78 is 1.87. The van der Waals surface area contributed by atoms with Gasteiger partial charge in [0.15, 0.2) is 0 Å². The molecule has 7 nitrogen and oxygen atoms in total. The first-order valence-electron chi connectivity index (χ1n) is 6.87. The van der Waals surface area contributed by atoms with Crippen LogP contribution in [0.3, 0.4) is 0 Å². The van der Waals surface area contributed by atoms with Crippen LogP contribution in [0.2, 0.25) is 0 Å². The summed E-state index contributed by atoms with van der Waals surface area (Å²) in [6.45, 7) is 10.9. The Kier molecular flexibility index (Phi) is 4.52. The second-order valence-electron chi connectivity index (χ2n) is 4.84. The van der Waals surface area contributed by atoms with E-state index in [1.54, 1.807) is 0 Å². The Labute approximate surface area is 124 Å². The maximum Gasteiger partial charge on any atom is 0.222 e. The van der Waals surface area contributed by atoms with Gasteiger partial charge in [0.05, 0.1) is 6.54 Å². The van der Waals surface area contributed by atoms with Crippen molar-refractivity contribution < 1.29 is 0 Å². The maximum atomic E-state index is 5.72. The molecule has 0 atom stereocenters. The van der Waals surface area contributed by atoms with Gasteiger partial charge in [0.2, 0.25) is 5.95 Å². The number of hydrogen-bond acceptors (Lipinski definition) is 6. The summed E-state index contributed by atoms with van der Waals surface area (Å²) in [5.74, 6) is 2.71. The first kappa shape index (κ1) is 15.0. The van der Waals surface area contributed by atoms with Crippen LogP contribution >= 0.6 is 0 Å². The van der Waals surface area contributed by atoms with Gasteiger partial charge in [-0.15, -0.1) is 6.58 Å². The number of hydrogen-bond donors (Lipinski definition) is 2. The number of aromatic nitrogens is 5. The minimum Gasteiger partial charge on any atom is -0.368 e. The van der Waals surface area contributed by atoms with Crippen molar-refractivity contribution in [1.29, 1.82) is 0 Å². The molecule has 0 bridgehead atoms. The van der Waals surface area contributed by atoms with Gasteiger partial charge in [0, 0.05) is 17.8 Å². The minimum absolute atomic E-state index is 0.274. The number of allylic oxidation sites excluding steroid dienone is 1. The normalized spacial score (nSPS) is 10.6. The summed E-state index contributed by atoms with van der Waals surface area (Å²) in [6, 6.07) is 0. The molecule has 2 heterocycles. The van der Waals surface area contributed by atoms with Gasteiger partial charge in [-0.3, -0.25) is 0 Å². The van der Waals surface area contributed by atoms with Gasteiger partial charge >= 0.3 is 0 Å². The molecule has 0 spiro atoms. The summed E-state index contributed by atoms with van der Waals surface area (Å²) in [5.41, 5.74) is 7.61. The monoisotopic (exact) mass is 287 g/mol. The van der Waals surface area contributed by atoms with Crippen molar-refractivity contribution in [3.05, 3.63) is 35.6 Å². The van der Waals surface area contributed by atoms with Crippen molar-refractivity contribution in [1.82, 2.24) is 24.7 Å². The second-order valence-corrected chi connectivity index (χ2v) is 4.84. The first-order valence-corrected chi connectivity index (χ1v) is 6.87. The molecule has 0 aliphatic carbocycles. The first-order chi connectivity index (χ1) is 10.0. The standard InChI is InChI=1S/C14H21N7/c1-5-6-12-9(2)17-14(15)19-13(12)16-7-8-21-11(4)18-10(3)20-21/h5H,1,6-8H2,2-4H3,(H3,15,16,17,19). The molecule has 112 valence electrons. The fourth-order valence-electron chi connectivity index (χ4n) is 2.21. The molecule has 0 aliphatic rings. The van der Waals surface area contributed by atoms with E-state index in [2.05, 4.69) is 31.9 Å². The van der Waals surface area contributed by atoms with E-state index >= 15 is 0 Å². The third-order valence-electron chi connectivity index (χ3n) is 3.16. The fraction of sp³-hybridized carbons (Fsp3) is 0.429. The average molecular weight is 287 g/mol. The zero-order valence-electron chi connectivity index (χ0n) is 12.7. The zero-order valence-corrected chi connectivity index (χ0v) is 12.7. The SMILES string of the molecule is C=CCc1c(C)nc(N)nc1NCCn1nc(C)nc1C. The van der Waals surface area contributed by atoms with Crippen LogP contribution in [0.5, 0.6) is 0 Å². The Balaban J connectivity index is 2.09. The Bertz CT molecular complexity index is 645. The van der Waals surface area contributed by atoms with Crippen LogP contribution in [0.4, 0.5) is 11.8 Å². The molecule has 2 rings (SSSR count). The number of anilines is 2. The summed E-state index contributed by atoms with van der Waals surface area (Å²) >= 11 is 0. The molecule has 21 heavy (non-hydrogen) atoms. The summed E-state index contributed by atoms with van der Waals surface area (Å²) in [6.07, 6.45) is 2.54. The van der Waals surface area contributed by atoms with Crippen LogP contribution in [0.25, 0.3) is 0 Å². The number of nitrogens with one attached hydrogen (secondary N) is 1. The molecule has 0 unspecified atom stereocenters. The van der Waals surface area contributed by atoms with Crippen LogP contribution < -0.4 is 11.1 Å². The average Bonchev–Trinajstić information content (AvgIpc) is 2.72. The van der Waals surface area contributed by atoms with Crippen LogP contribution in [-0.2, 0) is 13.0 Å². The highest BCUT2D eigenvalue weighted by Gasteiger charge is 2.09. The number of rotatable bonds is 6. The smallest absolute Gasteiger partial charge is 0.222 e. The second kappa shape index (κ2) is 6.34. The molecule has 7 heteroatoms. The largest absolute Gasteiger partial charge is 0.368 e. The lowest BCUT2D eigenvalue weighted by Crippen LogP contribution is -2.16. The van der Waals surface area contributed by atoms with Crippen LogP contribution in [0.1, 0.15) is 22.9 Å². The third kappa shape index (κ3) is 3.56. The lowest BCUT2D eigenvalue weighted by molar-refractivity contribution is 0.611. The lowest BCUT2D eigenvalue weighted by atomic mass is 10.1. The van der Waals surface area contributed by atoms with Gasteiger partial charge in [-0.2, -0.15) is 10.1 Å². The Morgan fingerprint density at radius 2 is 2.00 bits per heavy atom. The zero-order chi connectivity index (χ0) is 15.4. The predicted molar refractivity (Wildman–Crippen MR) is 83.1 cm³/mol. The molecule has 0 aromatic carbocycles. The summed E-state index contributed by atoms with van der Waals surface area (Å²) in [7, 11) is 0. The lowest BCUT2D eigenvalue weighted by Gasteiger charge is -2.13. The predicted octanol–water partition coefficient (Wildman–Crippen LogP) is 1.42. The minimum atomic E-state index is 0.274.